The number of aromatic nitrogens is 1. The van der Waals surface area contributed by atoms with E-state index < -0.39 is 0 Å². The van der Waals surface area contributed by atoms with Crippen molar-refractivity contribution in [3.05, 3.63) is 64.8 Å². The topological polar surface area (TPSA) is 51.2 Å². The standard InChI is InChI=1S/C21H20N2O2/c1-13-10-11-19(25-2)18(12-13)23-21(24)20-14-6-3-4-8-16(14)22-17-9-5-7-15(17)20/h3-4,6,8,10-12H,5,7,9H2,1-2H3,(H,23,24). The zero-order valence-electron chi connectivity index (χ0n) is 14.4. The summed E-state index contributed by atoms with van der Waals surface area (Å²) in [6.07, 6.45) is 2.89. The molecule has 1 aromatic heterocycles. The van der Waals surface area contributed by atoms with Gasteiger partial charge in [-0.1, -0.05) is 24.3 Å². The summed E-state index contributed by atoms with van der Waals surface area (Å²) >= 11 is 0. The number of hydrogen-bond donors (Lipinski definition) is 1. The SMILES string of the molecule is COc1ccc(C)cc1NC(=O)c1c2c(nc3ccccc13)CCC2. The maximum Gasteiger partial charge on any atom is 0.256 e. The lowest BCUT2D eigenvalue weighted by atomic mass is 10.0. The molecule has 1 amide bonds. The first-order valence-corrected chi connectivity index (χ1v) is 8.54. The van der Waals surface area contributed by atoms with Gasteiger partial charge in [0.05, 0.1) is 23.9 Å². The molecular weight excluding hydrogens is 312 g/mol. The molecule has 0 bridgehead atoms. The monoisotopic (exact) mass is 332 g/mol. The van der Waals surface area contributed by atoms with E-state index in [-0.39, 0.29) is 5.91 Å². The molecule has 2 aromatic carbocycles. The molecule has 0 spiro atoms. The van der Waals surface area contributed by atoms with Crippen molar-refractivity contribution in [1.29, 1.82) is 0 Å². The van der Waals surface area contributed by atoms with Gasteiger partial charge in [0.1, 0.15) is 5.75 Å². The zero-order chi connectivity index (χ0) is 17.4. The summed E-state index contributed by atoms with van der Waals surface area (Å²) in [6.45, 7) is 1.99. The van der Waals surface area contributed by atoms with E-state index in [1.54, 1.807) is 7.11 Å². The summed E-state index contributed by atoms with van der Waals surface area (Å²) in [5.41, 5.74) is 5.54. The summed E-state index contributed by atoms with van der Waals surface area (Å²) in [5.74, 6) is 0.564. The molecule has 25 heavy (non-hydrogen) atoms. The van der Waals surface area contributed by atoms with Gasteiger partial charge in [-0.3, -0.25) is 9.78 Å². The molecule has 4 rings (SSSR count). The van der Waals surface area contributed by atoms with Gasteiger partial charge in [-0.15, -0.1) is 0 Å². The van der Waals surface area contributed by atoms with E-state index in [1.807, 2.05) is 49.4 Å². The smallest absolute Gasteiger partial charge is 0.256 e. The Balaban J connectivity index is 1.82. The average Bonchev–Trinajstić information content (AvgIpc) is 3.07. The molecule has 0 unspecified atom stereocenters. The highest BCUT2D eigenvalue weighted by Crippen LogP contribution is 2.32. The fourth-order valence-electron chi connectivity index (χ4n) is 3.57. The van der Waals surface area contributed by atoms with Crippen molar-refractivity contribution in [2.45, 2.75) is 26.2 Å². The Morgan fingerprint density at radius 1 is 1.16 bits per heavy atom. The third-order valence-corrected chi connectivity index (χ3v) is 4.75. The van der Waals surface area contributed by atoms with Crippen LogP contribution in [0.15, 0.2) is 42.5 Å². The quantitative estimate of drug-likeness (QED) is 0.778. The molecule has 3 aromatic rings. The van der Waals surface area contributed by atoms with Crippen LogP contribution in [0.2, 0.25) is 0 Å². The minimum atomic E-state index is -0.0966. The van der Waals surface area contributed by atoms with Crippen LogP contribution < -0.4 is 10.1 Å². The number of hydrogen-bond acceptors (Lipinski definition) is 3. The predicted octanol–water partition coefficient (Wildman–Crippen LogP) is 4.29. The number of anilines is 1. The molecule has 1 N–H and O–H groups in total. The van der Waals surface area contributed by atoms with Crippen molar-refractivity contribution in [2.75, 3.05) is 12.4 Å². The number of carbonyl (C=O) groups excluding carboxylic acids is 1. The second kappa shape index (κ2) is 6.20. The molecule has 0 aliphatic heterocycles. The fraction of sp³-hybridized carbons (Fsp3) is 0.238. The Morgan fingerprint density at radius 2 is 2.00 bits per heavy atom. The highest BCUT2D eigenvalue weighted by Gasteiger charge is 2.24. The zero-order valence-corrected chi connectivity index (χ0v) is 14.4. The second-order valence-corrected chi connectivity index (χ2v) is 6.44. The Bertz CT molecular complexity index is 979. The molecule has 0 radical (unpaired) electrons. The highest BCUT2D eigenvalue weighted by atomic mass is 16.5. The number of benzene rings is 2. The van der Waals surface area contributed by atoms with Crippen LogP contribution in [0.25, 0.3) is 10.9 Å². The normalized spacial score (nSPS) is 12.9. The summed E-state index contributed by atoms with van der Waals surface area (Å²) in [7, 11) is 1.61. The maximum absolute atomic E-state index is 13.2. The number of pyridine rings is 1. The Morgan fingerprint density at radius 3 is 2.84 bits per heavy atom. The minimum Gasteiger partial charge on any atom is -0.495 e. The molecule has 1 aliphatic carbocycles. The Hall–Kier alpha value is -2.88. The number of methoxy groups -OCH3 is 1. The van der Waals surface area contributed by atoms with Gasteiger partial charge in [0, 0.05) is 11.1 Å². The van der Waals surface area contributed by atoms with Crippen LogP contribution in [-0.4, -0.2) is 18.0 Å². The van der Waals surface area contributed by atoms with Crippen LogP contribution >= 0.6 is 0 Å². The number of aryl methyl sites for hydroxylation is 2. The van der Waals surface area contributed by atoms with Crippen molar-refractivity contribution in [1.82, 2.24) is 4.98 Å². The molecule has 0 saturated carbocycles. The van der Waals surface area contributed by atoms with Gasteiger partial charge < -0.3 is 10.1 Å². The number of nitrogens with zero attached hydrogens (tertiary/aromatic N) is 1. The molecule has 0 saturated heterocycles. The van der Waals surface area contributed by atoms with Gasteiger partial charge in [-0.25, -0.2) is 0 Å². The Kier molecular flexibility index (Phi) is 3.88. The number of ether oxygens (including phenoxy) is 1. The Labute approximate surface area is 146 Å². The van der Waals surface area contributed by atoms with Gasteiger partial charge >= 0.3 is 0 Å². The van der Waals surface area contributed by atoms with Crippen LogP contribution in [0, 0.1) is 6.92 Å². The van der Waals surface area contributed by atoms with Crippen molar-refractivity contribution < 1.29 is 9.53 Å². The van der Waals surface area contributed by atoms with Crippen LogP contribution in [0.5, 0.6) is 5.75 Å². The summed E-state index contributed by atoms with van der Waals surface area (Å²) < 4.78 is 5.39. The molecule has 1 aliphatic rings. The van der Waals surface area contributed by atoms with E-state index in [0.717, 1.165) is 52.5 Å². The summed E-state index contributed by atoms with van der Waals surface area (Å²) in [4.78, 5) is 17.9. The van der Waals surface area contributed by atoms with Crippen LogP contribution in [0.3, 0.4) is 0 Å². The van der Waals surface area contributed by atoms with Crippen LogP contribution in [0.4, 0.5) is 5.69 Å². The van der Waals surface area contributed by atoms with E-state index in [1.165, 1.54) is 0 Å². The number of nitrogens with one attached hydrogen (secondary N) is 1. The highest BCUT2D eigenvalue weighted by molar-refractivity contribution is 6.14. The molecule has 0 atom stereocenters. The first-order chi connectivity index (χ1) is 12.2. The van der Waals surface area contributed by atoms with Crippen LogP contribution in [-0.2, 0) is 12.8 Å². The molecule has 4 heteroatoms. The number of rotatable bonds is 3. The molecular formula is C21H20N2O2. The first kappa shape index (κ1) is 15.6. The summed E-state index contributed by atoms with van der Waals surface area (Å²) in [6, 6.07) is 13.6. The van der Waals surface area contributed by atoms with E-state index in [4.69, 9.17) is 9.72 Å². The van der Waals surface area contributed by atoms with Crippen LogP contribution in [0.1, 0.15) is 33.6 Å². The molecule has 1 heterocycles. The predicted molar refractivity (Wildman–Crippen MR) is 99.5 cm³/mol. The lowest BCUT2D eigenvalue weighted by Crippen LogP contribution is -2.16. The van der Waals surface area contributed by atoms with Gasteiger partial charge in [0.25, 0.3) is 5.91 Å². The van der Waals surface area contributed by atoms with E-state index in [0.29, 0.717) is 11.4 Å². The van der Waals surface area contributed by atoms with Gasteiger partial charge in [-0.2, -0.15) is 0 Å². The molecule has 126 valence electrons. The van der Waals surface area contributed by atoms with Gasteiger partial charge in [-0.05, 0) is 55.5 Å². The third-order valence-electron chi connectivity index (χ3n) is 4.75. The summed E-state index contributed by atoms with van der Waals surface area (Å²) in [5, 5.41) is 3.96. The van der Waals surface area contributed by atoms with Crippen molar-refractivity contribution >= 4 is 22.5 Å². The molecule has 4 nitrogen and oxygen atoms in total. The van der Waals surface area contributed by atoms with Gasteiger partial charge in [0.2, 0.25) is 0 Å². The first-order valence-electron chi connectivity index (χ1n) is 8.54. The van der Waals surface area contributed by atoms with Crippen molar-refractivity contribution in [2.24, 2.45) is 0 Å². The number of para-hydroxylation sites is 1. The fourth-order valence-corrected chi connectivity index (χ4v) is 3.57. The van der Waals surface area contributed by atoms with Crippen molar-refractivity contribution in [3.63, 3.8) is 0 Å². The number of amides is 1. The number of carbonyl (C=O) groups is 1. The largest absolute Gasteiger partial charge is 0.495 e. The van der Waals surface area contributed by atoms with E-state index >= 15 is 0 Å². The second-order valence-electron chi connectivity index (χ2n) is 6.44. The average molecular weight is 332 g/mol. The lowest BCUT2D eigenvalue weighted by molar-refractivity contribution is 0.102. The maximum atomic E-state index is 13.2. The number of fused-ring (bicyclic) bond motifs is 2. The van der Waals surface area contributed by atoms with E-state index in [2.05, 4.69) is 5.32 Å². The molecule has 0 fully saturated rings. The van der Waals surface area contributed by atoms with Crippen molar-refractivity contribution in [3.8, 4) is 5.75 Å². The lowest BCUT2D eigenvalue weighted by Gasteiger charge is -2.15. The van der Waals surface area contributed by atoms with E-state index in [9.17, 15) is 4.79 Å². The third kappa shape index (κ3) is 2.74. The van der Waals surface area contributed by atoms with Gasteiger partial charge in [0.15, 0.2) is 0 Å². The minimum absolute atomic E-state index is 0.0966.